The number of hydrogen-bond donors (Lipinski definition) is 2. The number of methoxy groups -OCH3 is 2. The number of benzene rings is 2. The quantitative estimate of drug-likeness (QED) is 0.530. The van der Waals surface area contributed by atoms with Gasteiger partial charge in [-0.3, -0.25) is 14.3 Å². The Morgan fingerprint density at radius 2 is 1.88 bits per heavy atom. The summed E-state index contributed by atoms with van der Waals surface area (Å²) in [6.45, 7) is 0.994. The van der Waals surface area contributed by atoms with E-state index in [1.54, 1.807) is 37.0 Å². The number of carbonyl (C=O) groups excluding carboxylic acids is 2. The summed E-state index contributed by atoms with van der Waals surface area (Å²) >= 11 is 0. The summed E-state index contributed by atoms with van der Waals surface area (Å²) < 4.78 is 18.0. The maximum Gasteiger partial charge on any atom is 0.270 e. The molecule has 2 heterocycles. The molecule has 34 heavy (non-hydrogen) atoms. The minimum Gasteiger partial charge on any atom is -0.497 e. The van der Waals surface area contributed by atoms with Crippen LogP contribution < -0.4 is 20.1 Å². The van der Waals surface area contributed by atoms with Crippen LogP contribution in [0.1, 0.15) is 37.7 Å². The Bertz CT molecular complexity index is 1180. The van der Waals surface area contributed by atoms with Gasteiger partial charge in [-0.1, -0.05) is 30.3 Å². The number of amides is 2. The summed E-state index contributed by atoms with van der Waals surface area (Å²) in [6.07, 6.45) is 0.183. The van der Waals surface area contributed by atoms with E-state index in [2.05, 4.69) is 15.7 Å². The normalized spacial score (nSPS) is 14.7. The summed E-state index contributed by atoms with van der Waals surface area (Å²) in [4.78, 5) is 25.7. The van der Waals surface area contributed by atoms with Gasteiger partial charge in [-0.05, 0) is 17.7 Å². The topological polar surface area (TPSA) is 104 Å². The van der Waals surface area contributed by atoms with Crippen LogP contribution in [0.2, 0.25) is 0 Å². The van der Waals surface area contributed by atoms with Gasteiger partial charge in [0.2, 0.25) is 0 Å². The van der Waals surface area contributed by atoms with Crippen molar-refractivity contribution in [2.45, 2.75) is 25.7 Å². The van der Waals surface area contributed by atoms with Crippen molar-refractivity contribution >= 4 is 11.8 Å². The van der Waals surface area contributed by atoms with Crippen LogP contribution in [0.15, 0.2) is 48.5 Å². The van der Waals surface area contributed by atoms with Crippen molar-refractivity contribution in [3.05, 3.63) is 76.6 Å². The number of aryl methyl sites for hydroxylation is 1. The lowest BCUT2D eigenvalue weighted by Gasteiger charge is -2.23. The second kappa shape index (κ2) is 10.4. The van der Waals surface area contributed by atoms with Crippen molar-refractivity contribution in [2.24, 2.45) is 7.05 Å². The Hall–Kier alpha value is -3.85. The zero-order chi connectivity index (χ0) is 24.1. The largest absolute Gasteiger partial charge is 0.497 e. The SMILES string of the molecule is COc1ccc(C(=O)NCC2Cc3c(nn(C)c3C(=O)NCc3ccccc3)CO2)c(OC)c1. The molecular formula is C25H28N4O5. The summed E-state index contributed by atoms with van der Waals surface area (Å²) in [5, 5.41) is 10.3. The molecule has 178 valence electrons. The highest BCUT2D eigenvalue weighted by molar-refractivity contribution is 5.97. The lowest BCUT2D eigenvalue weighted by Crippen LogP contribution is -2.37. The summed E-state index contributed by atoms with van der Waals surface area (Å²) in [6, 6.07) is 14.8. The molecule has 0 aliphatic carbocycles. The van der Waals surface area contributed by atoms with Gasteiger partial charge in [0.05, 0.1) is 38.2 Å². The third-order valence-corrected chi connectivity index (χ3v) is 5.77. The van der Waals surface area contributed by atoms with Crippen LogP contribution in [0.4, 0.5) is 0 Å². The average Bonchev–Trinajstić information content (AvgIpc) is 3.20. The lowest BCUT2D eigenvalue weighted by atomic mass is 10.0. The van der Waals surface area contributed by atoms with Crippen LogP contribution in [0.25, 0.3) is 0 Å². The molecule has 2 amide bonds. The fourth-order valence-electron chi connectivity index (χ4n) is 4.00. The first-order valence-corrected chi connectivity index (χ1v) is 11.0. The molecule has 0 saturated heterocycles. The van der Waals surface area contributed by atoms with E-state index in [9.17, 15) is 9.59 Å². The van der Waals surface area contributed by atoms with Gasteiger partial charge in [-0.15, -0.1) is 0 Å². The molecule has 0 bridgehead atoms. The molecule has 2 aromatic carbocycles. The van der Waals surface area contributed by atoms with Gasteiger partial charge in [0.1, 0.15) is 17.2 Å². The molecule has 1 aliphatic heterocycles. The fraction of sp³-hybridized carbons (Fsp3) is 0.320. The Morgan fingerprint density at radius 3 is 2.62 bits per heavy atom. The van der Waals surface area contributed by atoms with Crippen LogP contribution in [0.5, 0.6) is 11.5 Å². The zero-order valence-corrected chi connectivity index (χ0v) is 19.5. The highest BCUT2D eigenvalue weighted by Crippen LogP contribution is 2.26. The molecule has 1 atom stereocenters. The van der Waals surface area contributed by atoms with Crippen LogP contribution in [-0.4, -0.2) is 48.5 Å². The minimum absolute atomic E-state index is 0.187. The van der Waals surface area contributed by atoms with E-state index >= 15 is 0 Å². The van der Waals surface area contributed by atoms with E-state index in [1.165, 1.54) is 7.11 Å². The van der Waals surface area contributed by atoms with Gasteiger partial charge in [0.25, 0.3) is 11.8 Å². The number of fused-ring (bicyclic) bond motifs is 1. The molecule has 2 N–H and O–H groups in total. The van der Waals surface area contributed by atoms with Gasteiger partial charge < -0.3 is 24.8 Å². The lowest BCUT2D eigenvalue weighted by molar-refractivity contribution is 0.0265. The Labute approximate surface area is 198 Å². The van der Waals surface area contributed by atoms with Crippen molar-refractivity contribution in [2.75, 3.05) is 20.8 Å². The van der Waals surface area contributed by atoms with Crippen LogP contribution >= 0.6 is 0 Å². The average molecular weight is 465 g/mol. The highest BCUT2D eigenvalue weighted by Gasteiger charge is 2.29. The maximum absolute atomic E-state index is 12.9. The Kier molecular flexibility index (Phi) is 7.12. The van der Waals surface area contributed by atoms with Gasteiger partial charge in [0, 0.05) is 38.2 Å². The van der Waals surface area contributed by atoms with Gasteiger partial charge in [-0.25, -0.2) is 0 Å². The summed E-state index contributed by atoms with van der Waals surface area (Å²) in [7, 11) is 4.81. The number of aromatic nitrogens is 2. The van der Waals surface area contributed by atoms with E-state index in [0.717, 1.165) is 16.8 Å². The Balaban J connectivity index is 1.40. The highest BCUT2D eigenvalue weighted by atomic mass is 16.5. The summed E-state index contributed by atoms with van der Waals surface area (Å²) in [5.74, 6) is 0.563. The van der Waals surface area contributed by atoms with Crippen molar-refractivity contribution in [3.63, 3.8) is 0 Å². The van der Waals surface area contributed by atoms with E-state index in [0.29, 0.717) is 35.7 Å². The molecule has 0 saturated carbocycles. The van der Waals surface area contributed by atoms with E-state index in [4.69, 9.17) is 14.2 Å². The fourth-order valence-corrected chi connectivity index (χ4v) is 4.00. The zero-order valence-electron chi connectivity index (χ0n) is 19.5. The molecule has 3 aromatic rings. The number of nitrogens with zero attached hydrogens (tertiary/aromatic N) is 2. The van der Waals surface area contributed by atoms with E-state index in [1.807, 2.05) is 30.3 Å². The second-order valence-electron chi connectivity index (χ2n) is 7.98. The van der Waals surface area contributed by atoms with E-state index in [-0.39, 0.29) is 31.1 Å². The minimum atomic E-state index is -0.287. The molecule has 4 rings (SSSR count). The number of rotatable bonds is 8. The molecule has 1 unspecified atom stereocenters. The number of ether oxygens (including phenoxy) is 3. The smallest absolute Gasteiger partial charge is 0.270 e. The maximum atomic E-state index is 12.9. The van der Waals surface area contributed by atoms with Gasteiger partial charge in [0.15, 0.2) is 0 Å². The third kappa shape index (κ3) is 5.04. The summed E-state index contributed by atoms with van der Waals surface area (Å²) in [5.41, 5.74) is 3.53. The molecule has 9 heteroatoms. The standard InChI is InChI=1S/C25H28N4O5/c1-29-23(25(31)26-13-16-7-5-4-6-8-16)20-11-18(34-15-21(20)28-29)14-27-24(30)19-10-9-17(32-2)12-22(19)33-3/h4-10,12,18H,11,13-15H2,1-3H3,(H,26,31)(H,27,30). The number of carbonyl (C=O) groups is 2. The first kappa shape index (κ1) is 23.3. The second-order valence-corrected chi connectivity index (χ2v) is 7.98. The molecule has 0 radical (unpaired) electrons. The van der Waals surface area contributed by atoms with Crippen LogP contribution in [-0.2, 0) is 31.4 Å². The first-order chi connectivity index (χ1) is 16.5. The van der Waals surface area contributed by atoms with Crippen molar-refractivity contribution in [1.29, 1.82) is 0 Å². The molecule has 9 nitrogen and oxygen atoms in total. The molecule has 1 aromatic heterocycles. The van der Waals surface area contributed by atoms with Crippen molar-refractivity contribution in [3.8, 4) is 11.5 Å². The first-order valence-electron chi connectivity index (χ1n) is 11.0. The molecular weight excluding hydrogens is 436 g/mol. The molecule has 0 fully saturated rings. The van der Waals surface area contributed by atoms with Crippen LogP contribution in [0.3, 0.4) is 0 Å². The van der Waals surface area contributed by atoms with Crippen molar-refractivity contribution < 1.29 is 23.8 Å². The predicted molar refractivity (Wildman–Crippen MR) is 125 cm³/mol. The number of nitrogens with one attached hydrogen (secondary N) is 2. The monoisotopic (exact) mass is 464 g/mol. The van der Waals surface area contributed by atoms with Gasteiger partial charge in [-0.2, -0.15) is 5.10 Å². The third-order valence-electron chi connectivity index (χ3n) is 5.77. The molecule has 0 spiro atoms. The van der Waals surface area contributed by atoms with Gasteiger partial charge >= 0.3 is 0 Å². The number of hydrogen-bond acceptors (Lipinski definition) is 6. The van der Waals surface area contributed by atoms with E-state index < -0.39 is 0 Å². The van der Waals surface area contributed by atoms with Crippen molar-refractivity contribution in [1.82, 2.24) is 20.4 Å². The molecule has 1 aliphatic rings. The Morgan fingerprint density at radius 1 is 1.09 bits per heavy atom. The van der Waals surface area contributed by atoms with Crippen LogP contribution in [0, 0.1) is 0 Å². The predicted octanol–water partition coefficient (Wildman–Crippen LogP) is 2.24.